The van der Waals surface area contributed by atoms with Gasteiger partial charge in [-0.1, -0.05) is 44.2 Å². The summed E-state index contributed by atoms with van der Waals surface area (Å²) in [7, 11) is 0. The first kappa shape index (κ1) is 36.7. The zero-order valence-electron chi connectivity index (χ0n) is 30.1. The fourth-order valence-corrected chi connectivity index (χ4v) is 10.4. The molecule has 7 aliphatic rings. The molecule has 1 N–H and O–H groups in total. The van der Waals surface area contributed by atoms with E-state index in [-0.39, 0.29) is 6.07 Å². The monoisotopic (exact) mass is 748 g/mol. The molecule has 7 fully saturated rings. The number of benzene rings is 1. The van der Waals surface area contributed by atoms with Gasteiger partial charge in [0.05, 0.1) is 11.7 Å². The molecule has 3 unspecified atom stereocenters. The summed E-state index contributed by atoms with van der Waals surface area (Å²) in [6.45, 7) is 1.08. The van der Waals surface area contributed by atoms with Gasteiger partial charge in [-0.25, -0.2) is 18.3 Å². The summed E-state index contributed by atoms with van der Waals surface area (Å²) in [6.07, 6.45) is 14.2. The van der Waals surface area contributed by atoms with Gasteiger partial charge in [-0.3, -0.25) is 4.79 Å². The number of aromatic nitrogens is 3. The number of rotatable bonds is 11. The van der Waals surface area contributed by atoms with E-state index < -0.39 is 76.8 Å². The van der Waals surface area contributed by atoms with Crippen LogP contribution in [0.15, 0.2) is 12.3 Å². The molecule has 1 saturated heterocycles. The molecule has 15 heteroatoms. The maximum Gasteiger partial charge on any atom is 0.408 e. The average Bonchev–Trinajstić information content (AvgIpc) is 3.77. The molecule has 1 amide bonds. The first-order chi connectivity index (χ1) is 25.5. The van der Waals surface area contributed by atoms with E-state index in [1.54, 1.807) is 6.20 Å². The van der Waals surface area contributed by atoms with E-state index in [1.807, 2.05) is 6.92 Å². The van der Waals surface area contributed by atoms with Gasteiger partial charge in [-0.05, 0) is 76.0 Å². The Balaban J connectivity index is 0.939. The SMILES string of the molecule is CCCCC(C(=O)COc1c(F)c(F)cc(F)c1F)n1cc(C2(NC(=O)OC3CCCC4(C3)OOC3(O4)C4CC5CC(C4)CC3C5)CCCCC2)nn1. The molecule has 2 aromatic rings. The number of ketones is 1. The van der Waals surface area contributed by atoms with E-state index in [2.05, 4.69) is 15.6 Å². The quantitative estimate of drug-likeness (QED) is 0.139. The Labute approximate surface area is 305 Å². The Morgan fingerprint density at radius 1 is 0.962 bits per heavy atom. The number of carbonyl (C=O) groups is 2. The lowest BCUT2D eigenvalue weighted by Gasteiger charge is -2.57. The molecular formula is C38H48F4N4O7. The third kappa shape index (κ3) is 6.83. The van der Waals surface area contributed by atoms with Crippen LogP contribution in [-0.2, 0) is 29.6 Å². The minimum absolute atomic E-state index is 0.0710. The summed E-state index contributed by atoms with van der Waals surface area (Å²) in [5.74, 6) is -8.15. The van der Waals surface area contributed by atoms with Crippen molar-refractivity contribution in [1.82, 2.24) is 20.3 Å². The van der Waals surface area contributed by atoms with E-state index >= 15 is 0 Å². The summed E-state index contributed by atoms with van der Waals surface area (Å²) in [5, 5.41) is 11.8. The van der Waals surface area contributed by atoms with Crippen molar-refractivity contribution in [2.45, 2.75) is 145 Å². The standard InChI is InChI=1S/C38H48F4N4O7/c1-2-3-9-29(30(47)21-49-34-32(41)27(39)18-28(40)33(34)42)46-20-31(44-45-46)36(10-5-4-6-11-36)43-35(48)50-26-8-7-12-37(19-26)51-38(53-52-37)24-14-22-13-23(16-24)17-25(38)15-22/h18,20,22-26,29H,2-17,19,21H2,1H3,(H,43,48). The number of alkyl carbamates (subject to hydrolysis) is 1. The van der Waals surface area contributed by atoms with Gasteiger partial charge in [0.2, 0.25) is 23.2 Å². The number of hydrogen-bond donors (Lipinski definition) is 1. The second-order valence-electron chi connectivity index (χ2n) is 16.4. The molecule has 4 bridgehead atoms. The summed E-state index contributed by atoms with van der Waals surface area (Å²) >= 11 is 0. The first-order valence-electron chi connectivity index (χ1n) is 19.5. The van der Waals surface area contributed by atoms with Gasteiger partial charge in [0.15, 0.2) is 23.2 Å². The topological polar surface area (TPSA) is 123 Å². The molecule has 1 aromatic carbocycles. The number of amides is 1. The normalized spacial score (nSPS) is 33.3. The molecule has 11 nitrogen and oxygen atoms in total. The van der Waals surface area contributed by atoms with Crippen molar-refractivity contribution in [1.29, 1.82) is 0 Å². The highest BCUT2D eigenvalue weighted by Crippen LogP contribution is 2.63. The van der Waals surface area contributed by atoms with Crippen molar-refractivity contribution < 1.29 is 51.1 Å². The lowest BCUT2D eigenvalue weighted by molar-refractivity contribution is -0.390. The number of halogens is 4. The van der Waals surface area contributed by atoms with Gasteiger partial charge in [0.1, 0.15) is 24.4 Å². The smallest absolute Gasteiger partial charge is 0.408 e. The number of unbranched alkanes of at least 4 members (excludes halogenated alkanes) is 1. The fourth-order valence-electron chi connectivity index (χ4n) is 10.4. The van der Waals surface area contributed by atoms with Gasteiger partial charge >= 0.3 is 6.09 Å². The van der Waals surface area contributed by atoms with Crippen molar-refractivity contribution in [3.05, 3.63) is 41.2 Å². The van der Waals surface area contributed by atoms with Crippen LogP contribution in [0.5, 0.6) is 5.75 Å². The molecule has 2 spiro atoms. The Hall–Kier alpha value is -3.30. The van der Waals surface area contributed by atoms with Crippen molar-refractivity contribution >= 4 is 11.9 Å². The third-order valence-electron chi connectivity index (χ3n) is 12.8. The molecule has 1 aromatic heterocycles. The van der Waals surface area contributed by atoms with Gasteiger partial charge in [-0.2, -0.15) is 18.6 Å². The van der Waals surface area contributed by atoms with E-state index in [0.717, 1.165) is 69.6 Å². The minimum Gasteiger partial charge on any atom is -0.479 e. The number of ether oxygens (including phenoxy) is 3. The number of Topliss-reactive ketones (excluding diaryl/α,β-unsaturated/α-hetero) is 1. The molecule has 0 radical (unpaired) electrons. The van der Waals surface area contributed by atoms with Crippen LogP contribution in [-0.4, -0.2) is 51.2 Å². The first-order valence-corrected chi connectivity index (χ1v) is 19.5. The van der Waals surface area contributed by atoms with Crippen LogP contribution < -0.4 is 10.1 Å². The van der Waals surface area contributed by atoms with Gasteiger partial charge in [0, 0.05) is 30.7 Å². The van der Waals surface area contributed by atoms with Crippen LogP contribution >= 0.6 is 0 Å². The number of nitrogens with one attached hydrogen (secondary N) is 1. The van der Waals surface area contributed by atoms with Crippen molar-refractivity contribution in [2.24, 2.45) is 23.7 Å². The van der Waals surface area contributed by atoms with Crippen molar-refractivity contribution in [3.8, 4) is 5.75 Å². The Bertz CT molecular complexity index is 1650. The minimum atomic E-state index is -1.73. The van der Waals surface area contributed by atoms with Crippen LogP contribution in [0.3, 0.4) is 0 Å². The maximum absolute atomic E-state index is 14.2. The Kier molecular flexibility index (Phi) is 9.97. The summed E-state index contributed by atoms with van der Waals surface area (Å²) in [5.41, 5.74) is -0.456. The van der Waals surface area contributed by atoms with Crippen LogP contribution in [0.1, 0.15) is 128 Å². The second-order valence-corrected chi connectivity index (χ2v) is 16.4. The summed E-state index contributed by atoms with van der Waals surface area (Å²) in [6, 6.07) is -0.875. The summed E-state index contributed by atoms with van der Waals surface area (Å²) < 4.78 is 75.2. The van der Waals surface area contributed by atoms with Crippen molar-refractivity contribution in [3.63, 3.8) is 0 Å². The number of carbonyl (C=O) groups excluding carboxylic acids is 2. The van der Waals surface area contributed by atoms with Gasteiger partial charge in [0.25, 0.3) is 0 Å². The highest BCUT2D eigenvalue weighted by Gasteiger charge is 2.67. The largest absolute Gasteiger partial charge is 0.479 e. The van der Waals surface area contributed by atoms with E-state index in [1.165, 1.54) is 11.1 Å². The van der Waals surface area contributed by atoms with Crippen LogP contribution in [0, 0.1) is 46.9 Å². The van der Waals surface area contributed by atoms with E-state index in [9.17, 15) is 27.2 Å². The zero-order chi connectivity index (χ0) is 37.0. The predicted octanol–water partition coefficient (Wildman–Crippen LogP) is 7.87. The van der Waals surface area contributed by atoms with Crippen molar-refractivity contribution in [2.75, 3.05) is 6.61 Å². The van der Waals surface area contributed by atoms with Gasteiger partial charge < -0.3 is 19.5 Å². The molecule has 6 saturated carbocycles. The molecule has 2 heterocycles. The lowest BCUT2D eigenvalue weighted by atomic mass is 9.53. The van der Waals surface area contributed by atoms with E-state index in [0.29, 0.717) is 62.5 Å². The molecule has 53 heavy (non-hydrogen) atoms. The number of hydrogen-bond acceptors (Lipinski definition) is 9. The predicted molar refractivity (Wildman–Crippen MR) is 178 cm³/mol. The van der Waals surface area contributed by atoms with Crippen LogP contribution in [0.2, 0.25) is 0 Å². The Morgan fingerprint density at radius 3 is 2.34 bits per heavy atom. The average molecular weight is 749 g/mol. The fraction of sp³-hybridized carbons (Fsp3) is 0.737. The van der Waals surface area contributed by atoms with Crippen LogP contribution in [0.25, 0.3) is 0 Å². The van der Waals surface area contributed by atoms with Crippen LogP contribution in [0.4, 0.5) is 22.4 Å². The molecular weight excluding hydrogens is 700 g/mol. The molecule has 3 atom stereocenters. The lowest BCUT2D eigenvalue weighted by Crippen LogP contribution is -2.59. The molecule has 290 valence electrons. The highest BCUT2D eigenvalue weighted by molar-refractivity contribution is 5.84. The Morgan fingerprint density at radius 2 is 1.66 bits per heavy atom. The number of nitrogens with zero attached hydrogens (tertiary/aromatic N) is 3. The molecule has 1 aliphatic heterocycles. The molecule has 9 rings (SSSR count). The van der Waals surface area contributed by atoms with Gasteiger partial charge in [-0.15, -0.1) is 5.10 Å². The maximum atomic E-state index is 14.2. The third-order valence-corrected chi connectivity index (χ3v) is 12.8. The van der Waals surface area contributed by atoms with E-state index in [4.69, 9.17) is 24.0 Å². The summed E-state index contributed by atoms with van der Waals surface area (Å²) in [4.78, 5) is 39.4. The highest BCUT2D eigenvalue weighted by atomic mass is 19.2. The zero-order valence-corrected chi connectivity index (χ0v) is 30.1. The molecule has 6 aliphatic carbocycles. The second kappa shape index (κ2) is 14.4.